The lowest BCUT2D eigenvalue weighted by Crippen LogP contribution is -2.25. The summed E-state index contributed by atoms with van der Waals surface area (Å²) in [5.74, 6) is -4.27. The third-order valence-electron chi connectivity index (χ3n) is 2.83. The van der Waals surface area contributed by atoms with Gasteiger partial charge in [-0.2, -0.15) is 4.39 Å². The minimum absolute atomic E-state index is 0.254. The predicted molar refractivity (Wildman–Crippen MR) is 52.7 cm³/mol. The van der Waals surface area contributed by atoms with E-state index in [1.54, 1.807) is 0 Å². The maximum atomic E-state index is 13.3. The zero-order chi connectivity index (χ0) is 11.9. The Morgan fingerprint density at radius 3 is 2.44 bits per heavy atom. The first-order valence-corrected chi connectivity index (χ1v) is 4.96. The van der Waals surface area contributed by atoms with Crippen LogP contribution in [0.1, 0.15) is 18.4 Å². The van der Waals surface area contributed by atoms with E-state index in [9.17, 15) is 13.2 Å². The average molecular weight is 231 g/mol. The van der Waals surface area contributed by atoms with E-state index in [0.717, 1.165) is 18.9 Å². The maximum Gasteiger partial charge on any atom is 0.203 e. The second-order valence-corrected chi connectivity index (χ2v) is 4.22. The van der Waals surface area contributed by atoms with Crippen molar-refractivity contribution in [3.63, 3.8) is 0 Å². The molecule has 1 aliphatic rings. The highest BCUT2D eigenvalue weighted by atomic mass is 19.2. The first-order chi connectivity index (χ1) is 7.47. The number of nitrogens with two attached hydrogens (primary N) is 1. The minimum atomic E-state index is -1.51. The largest absolute Gasteiger partial charge is 0.493 e. The standard InChI is InChI=1S/C11H12F3NO/c1-16-10-6(5-11(15)2-3-11)4-7(12)8(13)9(10)14/h4H,2-3,5,15H2,1H3. The SMILES string of the molecule is COc1c(CC2(N)CC2)cc(F)c(F)c1F. The van der Waals surface area contributed by atoms with E-state index >= 15 is 0 Å². The molecule has 2 nitrogen and oxygen atoms in total. The van der Waals surface area contributed by atoms with Crippen molar-refractivity contribution >= 4 is 0 Å². The van der Waals surface area contributed by atoms with Crippen molar-refractivity contribution in [3.8, 4) is 5.75 Å². The molecular formula is C11H12F3NO. The van der Waals surface area contributed by atoms with Crippen LogP contribution >= 0.6 is 0 Å². The van der Waals surface area contributed by atoms with Crippen molar-refractivity contribution in [2.45, 2.75) is 24.8 Å². The molecule has 16 heavy (non-hydrogen) atoms. The number of methoxy groups -OCH3 is 1. The van der Waals surface area contributed by atoms with Crippen LogP contribution in [0.25, 0.3) is 0 Å². The van der Waals surface area contributed by atoms with Crippen molar-refractivity contribution in [2.24, 2.45) is 5.73 Å². The topological polar surface area (TPSA) is 35.2 Å². The van der Waals surface area contributed by atoms with Gasteiger partial charge >= 0.3 is 0 Å². The van der Waals surface area contributed by atoms with Gasteiger partial charge < -0.3 is 10.5 Å². The van der Waals surface area contributed by atoms with Crippen LogP contribution in [-0.2, 0) is 6.42 Å². The van der Waals surface area contributed by atoms with Crippen molar-refractivity contribution in [1.29, 1.82) is 0 Å². The van der Waals surface area contributed by atoms with E-state index in [0.29, 0.717) is 6.42 Å². The van der Waals surface area contributed by atoms with E-state index in [1.807, 2.05) is 0 Å². The fourth-order valence-electron chi connectivity index (χ4n) is 1.70. The summed E-state index contributed by atoms with van der Waals surface area (Å²) in [6.45, 7) is 0. The summed E-state index contributed by atoms with van der Waals surface area (Å²) < 4.78 is 44.1. The minimum Gasteiger partial charge on any atom is -0.493 e. The van der Waals surface area contributed by atoms with Gasteiger partial charge in [-0.1, -0.05) is 0 Å². The highest BCUT2D eigenvalue weighted by molar-refractivity contribution is 5.38. The van der Waals surface area contributed by atoms with Gasteiger partial charge in [-0.3, -0.25) is 0 Å². The normalized spacial score (nSPS) is 17.3. The second-order valence-electron chi connectivity index (χ2n) is 4.22. The second kappa shape index (κ2) is 3.66. The number of hydrogen-bond donors (Lipinski definition) is 1. The summed E-state index contributed by atoms with van der Waals surface area (Å²) in [6, 6.07) is 0.949. The van der Waals surface area contributed by atoms with Gasteiger partial charge in [0.25, 0.3) is 0 Å². The van der Waals surface area contributed by atoms with Crippen molar-refractivity contribution in [2.75, 3.05) is 7.11 Å². The molecule has 5 heteroatoms. The van der Waals surface area contributed by atoms with Gasteiger partial charge in [0.1, 0.15) is 0 Å². The number of benzene rings is 1. The fraction of sp³-hybridized carbons (Fsp3) is 0.455. The molecule has 0 spiro atoms. The molecule has 2 rings (SSSR count). The highest BCUT2D eigenvalue weighted by Crippen LogP contribution is 2.39. The van der Waals surface area contributed by atoms with Gasteiger partial charge in [-0.15, -0.1) is 0 Å². The molecule has 0 amide bonds. The molecule has 0 heterocycles. The van der Waals surface area contributed by atoms with E-state index in [-0.39, 0.29) is 11.3 Å². The van der Waals surface area contributed by atoms with Crippen LogP contribution in [-0.4, -0.2) is 12.6 Å². The summed E-state index contributed by atoms with van der Waals surface area (Å²) in [7, 11) is 1.22. The molecule has 1 saturated carbocycles. The highest BCUT2D eigenvalue weighted by Gasteiger charge is 2.39. The van der Waals surface area contributed by atoms with Gasteiger partial charge in [-0.05, 0) is 25.3 Å². The van der Waals surface area contributed by atoms with Crippen molar-refractivity contribution in [1.82, 2.24) is 0 Å². The van der Waals surface area contributed by atoms with Crippen molar-refractivity contribution in [3.05, 3.63) is 29.1 Å². The third kappa shape index (κ3) is 1.87. The number of halogens is 3. The number of rotatable bonds is 3. The van der Waals surface area contributed by atoms with Gasteiger partial charge in [-0.25, -0.2) is 8.78 Å². The van der Waals surface area contributed by atoms with Crippen LogP contribution in [0.5, 0.6) is 5.75 Å². The van der Waals surface area contributed by atoms with Gasteiger partial charge in [0.2, 0.25) is 5.82 Å². The lowest BCUT2D eigenvalue weighted by atomic mass is 10.0. The van der Waals surface area contributed by atoms with E-state index in [2.05, 4.69) is 0 Å². The number of ether oxygens (including phenoxy) is 1. The zero-order valence-electron chi connectivity index (χ0n) is 8.82. The Kier molecular flexibility index (Phi) is 2.58. The molecule has 0 bridgehead atoms. The van der Waals surface area contributed by atoms with Crippen LogP contribution in [0.3, 0.4) is 0 Å². The summed E-state index contributed by atoms with van der Waals surface area (Å²) >= 11 is 0. The monoisotopic (exact) mass is 231 g/mol. The summed E-state index contributed by atoms with van der Waals surface area (Å²) in [6.07, 6.45) is 1.90. The molecule has 0 aliphatic heterocycles. The molecule has 0 saturated heterocycles. The smallest absolute Gasteiger partial charge is 0.203 e. The first kappa shape index (κ1) is 11.3. The van der Waals surface area contributed by atoms with E-state index in [4.69, 9.17) is 10.5 Å². The molecule has 1 aliphatic carbocycles. The quantitative estimate of drug-likeness (QED) is 0.809. The Hall–Kier alpha value is -1.23. The van der Waals surface area contributed by atoms with E-state index < -0.39 is 23.0 Å². The lowest BCUT2D eigenvalue weighted by molar-refractivity contribution is 0.354. The van der Waals surface area contributed by atoms with Crippen LogP contribution in [0, 0.1) is 17.5 Å². The van der Waals surface area contributed by atoms with Crippen LogP contribution < -0.4 is 10.5 Å². The molecule has 0 unspecified atom stereocenters. The Balaban J connectivity index is 2.43. The van der Waals surface area contributed by atoms with Gasteiger partial charge in [0, 0.05) is 11.1 Å². The molecule has 1 fully saturated rings. The maximum absolute atomic E-state index is 13.3. The lowest BCUT2D eigenvalue weighted by Gasteiger charge is -2.14. The Labute approximate surface area is 91.2 Å². The molecule has 1 aromatic rings. The van der Waals surface area contributed by atoms with Crippen LogP contribution in [0.2, 0.25) is 0 Å². The Morgan fingerprint density at radius 1 is 1.31 bits per heavy atom. The molecular weight excluding hydrogens is 219 g/mol. The summed E-state index contributed by atoms with van der Waals surface area (Å²) in [5.41, 5.74) is 5.71. The molecule has 0 aromatic heterocycles. The molecule has 1 aromatic carbocycles. The van der Waals surface area contributed by atoms with Crippen LogP contribution in [0.4, 0.5) is 13.2 Å². The predicted octanol–water partition coefficient (Wildman–Crippen LogP) is 2.15. The molecule has 88 valence electrons. The zero-order valence-corrected chi connectivity index (χ0v) is 8.82. The number of hydrogen-bond acceptors (Lipinski definition) is 2. The molecule has 0 atom stereocenters. The molecule has 2 N–H and O–H groups in total. The van der Waals surface area contributed by atoms with Crippen LogP contribution in [0.15, 0.2) is 6.07 Å². The summed E-state index contributed by atoms with van der Waals surface area (Å²) in [5, 5.41) is 0. The van der Waals surface area contributed by atoms with Gasteiger partial charge in [0.05, 0.1) is 7.11 Å². The Morgan fingerprint density at radius 2 is 1.94 bits per heavy atom. The Bertz CT molecular complexity index is 430. The fourth-order valence-corrected chi connectivity index (χ4v) is 1.70. The van der Waals surface area contributed by atoms with Crippen molar-refractivity contribution < 1.29 is 17.9 Å². The first-order valence-electron chi connectivity index (χ1n) is 4.96. The third-order valence-corrected chi connectivity index (χ3v) is 2.83. The van der Waals surface area contributed by atoms with E-state index in [1.165, 1.54) is 7.11 Å². The molecule has 0 radical (unpaired) electrons. The average Bonchev–Trinajstić information content (AvgIpc) is 2.93. The summed E-state index contributed by atoms with van der Waals surface area (Å²) in [4.78, 5) is 0. The van der Waals surface area contributed by atoms with Gasteiger partial charge in [0.15, 0.2) is 17.4 Å².